The van der Waals surface area contributed by atoms with E-state index in [0.29, 0.717) is 32.6 Å². The van der Waals surface area contributed by atoms with Crippen molar-refractivity contribution in [3.63, 3.8) is 0 Å². The first-order chi connectivity index (χ1) is 14.2. The summed E-state index contributed by atoms with van der Waals surface area (Å²) in [6.45, 7) is 5.46. The minimum absolute atomic E-state index is 0.102. The molecule has 0 bridgehead atoms. The molecule has 0 radical (unpaired) electrons. The van der Waals surface area contributed by atoms with Crippen molar-refractivity contribution >= 4 is 21.4 Å². The number of benzene rings is 1. The maximum atomic E-state index is 14.0. The quantitative estimate of drug-likeness (QED) is 0.734. The number of hydrogen-bond acceptors (Lipinski definition) is 5. The first-order valence-electron chi connectivity index (χ1n) is 9.92. The normalized spacial score (nSPS) is 21.3. The second-order valence-corrected chi connectivity index (χ2v) is 10.1. The summed E-state index contributed by atoms with van der Waals surface area (Å²) in [5, 5.41) is 4.59. The lowest BCUT2D eigenvalue weighted by molar-refractivity contribution is 0.0737. The molecule has 7 nitrogen and oxygen atoms in total. The van der Waals surface area contributed by atoms with Crippen molar-refractivity contribution in [3.05, 3.63) is 46.8 Å². The Morgan fingerprint density at radius 1 is 1.10 bits per heavy atom. The topological polar surface area (TPSA) is 75.5 Å². The third-order valence-corrected chi connectivity index (χ3v) is 7.65. The van der Waals surface area contributed by atoms with Crippen LogP contribution in [0.4, 0.5) is 14.5 Å². The number of anilines is 1. The number of carbonyl (C=O) groups excluding carboxylic acids is 1. The average Bonchev–Trinajstić information content (AvgIpc) is 3.20. The SMILES string of the molecule is Cc1nn(C2CCS(=O)(=O)C2)c(C)c1N1CCN(C(=O)c2c(F)cccc2F)CC1. The molecule has 2 fully saturated rings. The van der Waals surface area contributed by atoms with Crippen LogP contribution in [-0.2, 0) is 9.84 Å². The number of hydrogen-bond donors (Lipinski definition) is 0. The molecule has 1 aromatic carbocycles. The van der Waals surface area contributed by atoms with Gasteiger partial charge >= 0.3 is 0 Å². The lowest BCUT2D eigenvalue weighted by Gasteiger charge is -2.36. The van der Waals surface area contributed by atoms with E-state index in [0.717, 1.165) is 29.2 Å². The highest BCUT2D eigenvalue weighted by Crippen LogP contribution is 2.32. The van der Waals surface area contributed by atoms with E-state index in [1.807, 2.05) is 18.5 Å². The molecule has 1 unspecified atom stereocenters. The molecular formula is C20H24F2N4O3S. The lowest BCUT2D eigenvalue weighted by atomic mass is 10.1. The highest BCUT2D eigenvalue weighted by molar-refractivity contribution is 7.91. The molecule has 30 heavy (non-hydrogen) atoms. The number of aryl methyl sites for hydroxylation is 1. The number of piperazine rings is 1. The maximum absolute atomic E-state index is 14.0. The summed E-state index contributed by atoms with van der Waals surface area (Å²) in [6, 6.07) is 3.24. The Bertz CT molecular complexity index is 1070. The van der Waals surface area contributed by atoms with Gasteiger partial charge in [0.15, 0.2) is 9.84 Å². The molecule has 2 aliphatic rings. The number of rotatable bonds is 3. The summed E-state index contributed by atoms with van der Waals surface area (Å²) in [5.74, 6) is -2.08. The third-order valence-electron chi connectivity index (χ3n) is 5.90. The van der Waals surface area contributed by atoms with Crippen LogP contribution in [-0.4, -0.2) is 66.7 Å². The molecular weight excluding hydrogens is 414 g/mol. The van der Waals surface area contributed by atoms with Crippen LogP contribution in [0.1, 0.15) is 34.2 Å². The largest absolute Gasteiger partial charge is 0.365 e. The molecule has 162 valence electrons. The van der Waals surface area contributed by atoms with Crippen molar-refractivity contribution in [2.75, 3.05) is 42.6 Å². The van der Waals surface area contributed by atoms with E-state index >= 15 is 0 Å². The second-order valence-electron chi connectivity index (χ2n) is 7.90. The van der Waals surface area contributed by atoms with E-state index in [9.17, 15) is 22.0 Å². The van der Waals surface area contributed by atoms with E-state index in [1.54, 1.807) is 0 Å². The van der Waals surface area contributed by atoms with Crippen LogP contribution < -0.4 is 4.90 Å². The van der Waals surface area contributed by atoms with Crippen LogP contribution in [0.15, 0.2) is 18.2 Å². The Labute approximate surface area is 174 Å². The molecule has 0 aliphatic carbocycles. The second kappa shape index (κ2) is 7.64. The van der Waals surface area contributed by atoms with Gasteiger partial charge in [-0.15, -0.1) is 0 Å². The number of carbonyl (C=O) groups is 1. The van der Waals surface area contributed by atoms with Crippen LogP contribution in [0.5, 0.6) is 0 Å². The molecule has 1 amide bonds. The summed E-state index contributed by atoms with van der Waals surface area (Å²) in [5.41, 5.74) is 2.11. The molecule has 0 N–H and O–H groups in total. The fraction of sp³-hybridized carbons (Fsp3) is 0.500. The number of amides is 1. The van der Waals surface area contributed by atoms with E-state index in [1.165, 1.54) is 11.0 Å². The minimum atomic E-state index is -3.02. The van der Waals surface area contributed by atoms with Crippen molar-refractivity contribution in [1.29, 1.82) is 0 Å². The average molecular weight is 439 g/mol. The Kier molecular flexibility index (Phi) is 5.29. The zero-order valence-corrected chi connectivity index (χ0v) is 17.8. The van der Waals surface area contributed by atoms with Crippen molar-refractivity contribution in [1.82, 2.24) is 14.7 Å². The summed E-state index contributed by atoms with van der Waals surface area (Å²) >= 11 is 0. The van der Waals surface area contributed by atoms with Crippen LogP contribution in [0, 0.1) is 25.5 Å². The van der Waals surface area contributed by atoms with Gasteiger partial charge in [0.1, 0.15) is 17.2 Å². The van der Waals surface area contributed by atoms with Crippen LogP contribution in [0.3, 0.4) is 0 Å². The van der Waals surface area contributed by atoms with Gasteiger partial charge in [0.05, 0.1) is 34.6 Å². The van der Waals surface area contributed by atoms with Gasteiger partial charge in [-0.05, 0) is 32.4 Å². The Balaban J connectivity index is 1.49. The number of halogens is 2. The number of nitrogens with zero attached hydrogens (tertiary/aromatic N) is 4. The molecule has 2 aliphatic heterocycles. The first kappa shape index (κ1) is 20.8. The maximum Gasteiger partial charge on any atom is 0.259 e. The molecule has 0 spiro atoms. The summed E-state index contributed by atoms with van der Waals surface area (Å²) in [6.07, 6.45) is 0.556. The van der Waals surface area contributed by atoms with Gasteiger partial charge in [0.2, 0.25) is 0 Å². The molecule has 10 heteroatoms. The van der Waals surface area contributed by atoms with Crippen LogP contribution in [0.2, 0.25) is 0 Å². The monoisotopic (exact) mass is 438 g/mol. The zero-order valence-electron chi connectivity index (χ0n) is 16.9. The van der Waals surface area contributed by atoms with Crippen molar-refractivity contribution < 1.29 is 22.0 Å². The van der Waals surface area contributed by atoms with Gasteiger partial charge in [0, 0.05) is 26.2 Å². The summed E-state index contributed by atoms with van der Waals surface area (Å²) in [4.78, 5) is 16.2. The fourth-order valence-corrected chi connectivity index (χ4v) is 6.12. The lowest BCUT2D eigenvalue weighted by Crippen LogP contribution is -2.49. The van der Waals surface area contributed by atoms with Gasteiger partial charge in [-0.1, -0.05) is 6.07 Å². The van der Waals surface area contributed by atoms with Gasteiger partial charge in [-0.3, -0.25) is 9.48 Å². The Hall–Kier alpha value is -2.49. The van der Waals surface area contributed by atoms with Gasteiger partial charge < -0.3 is 9.80 Å². The Morgan fingerprint density at radius 2 is 1.73 bits per heavy atom. The van der Waals surface area contributed by atoms with E-state index in [-0.39, 0.29) is 17.5 Å². The third kappa shape index (κ3) is 3.68. The molecule has 4 rings (SSSR count). The number of aromatic nitrogens is 2. The highest BCUT2D eigenvalue weighted by atomic mass is 32.2. The van der Waals surface area contributed by atoms with Crippen molar-refractivity contribution in [3.8, 4) is 0 Å². The zero-order chi connectivity index (χ0) is 21.6. The molecule has 3 heterocycles. The molecule has 1 atom stereocenters. The highest BCUT2D eigenvalue weighted by Gasteiger charge is 2.33. The molecule has 2 aromatic rings. The van der Waals surface area contributed by atoms with E-state index < -0.39 is 32.9 Å². The van der Waals surface area contributed by atoms with Gasteiger partial charge in [0.25, 0.3) is 5.91 Å². The van der Waals surface area contributed by atoms with Crippen molar-refractivity contribution in [2.45, 2.75) is 26.3 Å². The summed E-state index contributed by atoms with van der Waals surface area (Å²) in [7, 11) is -3.02. The van der Waals surface area contributed by atoms with Gasteiger partial charge in [-0.2, -0.15) is 5.10 Å². The van der Waals surface area contributed by atoms with Gasteiger partial charge in [-0.25, -0.2) is 17.2 Å². The van der Waals surface area contributed by atoms with Crippen molar-refractivity contribution in [2.24, 2.45) is 0 Å². The standard InChI is InChI=1S/C20H24F2N4O3S/c1-13-19(14(2)26(23-13)15-6-11-30(28,29)12-15)24-7-9-25(10-8-24)20(27)18-16(21)4-3-5-17(18)22/h3-5,15H,6-12H2,1-2H3. The fourth-order valence-electron chi connectivity index (χ4n) is 4.43. The van der Waals surface area contributed by atoms with E-state index in [4.69, 9.17) is 0 Å². The van der Waals surface area contributed by atoms with Crippen LogP contribution >= 0.6 is 0 Å². The Morgan fingerprint density at radius 3 is 2.30 bits per heavy atom. The molecule has 2 saturated heterocycles. The minimum Gasteiger partial charge on any atom is -0.365 e. The molecule has 0 saturated carbocycles. The predicted molar refractivity (Wildman–Crippen MR) is 108 cm³/mol. The smallest absolute Gasteiger partial charge is 0.259 e. The first-order valence-corrected chi connectivity index (χ1v) is 11.7. The number of sulfone groups is 1. The summed E-state index contributed by atoms with van der Waals surface area (Å²) < 4.78 is 53.4. The molecule has 1 aromatic heterocycles. The predicted octanol–water partition coefficient (Wildman–Crippen LogP) is 2.10. The van der Waals surface area contributed by atoms with Crippen LogP contribution in [0.25, 0.3) is 0 Å². The van der Waals surface area contributed by atoms with E-state index in [2.05, 4.69) is 10.00 Å².